The van der Waals surface area contributed by atoms with Crippen LogP contribution in [-0.4, -0.2) is 62.5 Å². The van der Waals surface area contributed by atoms with Crippen LogP contribution in [0.2, 0.25) is 0 Å². The molecule has 1 unspecified atom stereocenters. The maximum absolute atomic E-state index is 12.1. The number of piperidine rings is 1. The lowest BCUT2D eigenvalue weighted by Gasteiger charge is -2.33. The van der Waals surface area contributed by atoms with Gasteiger partial charge < -0.3 is 4.90 Å². The molecule has 4 nitrogen and oxygen atoms in total. The van der Waals surface area contributed by atoms with E-state index in [0.717, 1.165) is 19.4 Å². The van der Waals surface area contributed by atoms with Gasteiger partial charge in [-0.15, -0.1) is 11.6 Å². The number of rotatable bonds is 5. The molecular weight excluding hydrogens is 260 g/mol. The maximum Gasteiger partial charge on any atom is 0.217 e. The Bertz CT molecular complexity index is 324. The molecule has 0 saturated carbocycles. The quantitative estimate of drug-likeness (QED) is 0.712. The van der Waals surface area contributed by atoms with E-state index >= 15 is 0 Å². The van der Waals surface area contributed by atoms with Gasteiger partial charge in [-0.25, -0.2) is 12.7 Å². The van der Waals surface area contributed by atoms with Crippen LogP contribution in [0.15, 0.2) is 0 Å². The molecule has 1 aliphatic heterocycles. The van der Waals surface area contributed by atoms with Crippen LogP contribution in [0.3, 0.4) is 0 Å². The van der Waals surface area contributed by atoms with E-state index in [1.54, 1.807) is 11.2 Å². The third-order valence-corrected chi connectivity index (χ3v) is 6.20. The predicted octanol–water partition coefficient (Wildman–Crippen LogP) is 1.22. The first kappa shape index (κ1) is 15.2. The summed E-state index contributed by atoms with van der Waals surface area (Å²) in [6, 6.07) is 0. The highest BCUT2D eigenvalue weighted by molar-refractivity contribution is 7.89. The first-order chi connectivity index (χ1) is 7.87. The Hall–Kier alpha value is 0.160. The molecule has 0 spiro atoms. The highest BCUT2D eigenvalue weighted by Gasteiger charge is 2.31. The number of alkyl halides is 1. The molecule has 1 atom stereocenters. The highest BCUT2D eigenvalue weighted by Crippen LogP contribution is 2.22. The zero-order valence-electron chi connectivity index (χ0n) is 10.9. The standard InChI is InChI=1S/C11H23ClN2O2S/c1-10(8-12)17(15,16)14-6-4-11(5-7-14)9-13(2)3/h10-11H,4-9H2,1-3H3. The molecule has 0 aromatic rings. The molecule has 0 aliphatic carbocycles. The van der Waals surface area contributed by atoms with Crippen molar-refractivity contribution in [2.24, 2.45) is 5.92 Å². The van der Waals surface area contributed by atoms with Crippen LogP contribution in [0.1, 0.15) is 19.8 Å². The Morgan fingerprint density at radius 3 is 2.29 bits per heavy atom. The Morgan fingerprint density at radius 2 is 1.88 bits per heavy atom. The minimum atomic E-state index is -3.18. The van der Waals surface area contributed by atoms with Crippen LogP contribution in [0, 0.1) is 5.92 Å². The molecule has 0 bridgehead atoms. The van der Waals surface area contributed by atoms with Crippen LogP contribution in [-0.2, 0) is 10.0 Å². The monoisotopic (exact) mass is 282 g/mol. The van der Waals surface area contributed by atoms with Gasteiger partial charge in [0.25, 0.3) is 0 Å². The Labute approximate surface area is 110 Å². The minimum absolute atomic E-state index is 0.167. The average Bonchev–Trinajstić information content (AvgIpc) is 2.27. The molecule has 0 amide bonds. The lowest BCUT2D eigenvalue weighted by atomic mass is 9.98. The van der Waals surface area contributed by atoms with Gasteiger partial charge in [0.2, 0.25) is 10.0 Å². The summed E-state index contributed by atoms with van der Waals surface area (Å²) in [5.74, 6) is 0.780. The third-order valence-electron chi connectivity index (χ3n) is 3.28. The van der Waals surface area contributed by atoms with Crippen molar-refractivity contribution in [2.75, 3.05) is 39.6 Å². The zero-order chi connectivity index (χ0) is 13.1. The van der Waals surface area contributed by atoms with Crippen LogP contribution >= 0.6 is 11.6 Å². The van der Waals surface area contributed by atoms with E-state index in [1.807, 2.05) is 0 Å². The van der Waals surface area contributed by atoms with Crippen molar-refractivity contribution in [3.63, 3.8) is 0 Å². The van der Waals surface area contributed by atoms with Crippen molar-refractivity contribution >= 4 is 21.6 Å². The molecule has 1 rings (SSSR count). The van der Waals surface area contributed by atoms with Gasteiger partial charge in [0, 0.05) is 25.5 Å². The van der Waals surface area contributed by atoms with E-state index < -0.39 is 15.3 Å². The number of hydrogen-bond donors (Lipinski definition) is 0. The van der Waals surface area contributed by atoms with Crippen molar-refractivity contribution in [1.82, 2.24) is 9.21 Å². The van der Waals surface area contributed by atoms with Crippen molar-refractivity contribution in [3.05, 3.63) is 0 Å². The molecule has 1 fully saturated rings. The minimum Gasteiger partial charge on any atom is -0.309 e. The third kappa shape index (κ3) is 4.09. The van der Waals surface area contributed by atoms with Crippen LogP contribution < -0.4 is 0 Å². The summed E-state index contributed by atoms with van der Waals surface area (Å²) in [4.78, 5) is 2.16. The van der Waals surface area contributed by atoms with Gasteiger partial charge in [0.05, 0.1) is 5.25 Å². The molecule has 0 aromatic heterocycles. The molecule has 6 heteroatoms. The Balaban J connectivity index is 2.52. The maximum atomic E-state index is 12.1. The topological polar surface area (TPSA) is 40.6 Å². The largest absolute Gasteiger partial charge is 0.309 e. The normalized spacial score (nSPS) is 21.9. The average molecular weight is 283 g/mol. The van der Waals surface area contributed by atoms with Crippen molar-refractivity contribution in [2.45, 2.75) is 25.0 Å². The van der Waals surface area contributed by atoms with Crippen molar-refractivity contribution in [1.29, 1.82) is 0 Å². The smallest absolute Gasteiger partial charge is 0.217 e. The lowest BCUT2D eigenvalue weighted by Crippen LogP contribution is -2.44. The van der Waals surface area contributed by atoms with E-state index in [9.17, 15) is 8.42 Å². The summed E-state index contributed by atoms with van der Waals surface area (Å²) in [5.41, 5.74) is 0. The number of sulfonamides is 1. The molecule has 0 radical (unpaired) electrons. The Morgan fingerprint density at radius 1 is 1.35 bits per heavy atom. The first-order valence-electron chi connectivity index (χ1n) is 6.07. The summed E-state index contributed by atoms with van der Waals surface area (Å²) >= 11 is 5.64. The molecular formula is C11H23ClN2O2S. The molecule has 102 valence electrons. The van der Waals surface area contributed by atoms with Gasteiger partial charge in [-0.05, 0) is 39.8 Å². The molecule has 1 aliphatic rings. The summed E-state index contributed by atoms with van der Waals surface area (Å²) < 4.78 is 25.8. The summed E-state index contributed by atoms with van der Waals surface area (Å²) in [6.45, 7) is 4.00. The van der Waals surface area contributed by atoms with E-state index in [0.29, 0.717) is 19.0 Å². The summed E-state index contributed by atoms with van der Waals surface area (Å²) in [7, 11) is 0.932. The van der Waals surface area contributed by atoms with E-state index in [4.69, 9.17) is 11.6 Å². The molecule has 1 heterocycles. The van der Waals surface area contributed by atoms with E-state index in [-0.39, 0.29) is 5.88 Å². The number of hydrogen-bond acceptors (Lipinski definition) is 3. The van der Waals surface area contributed by atoms with Gasteiger partial charge in [0.1, 0.15) is 0 Å². The fourth-order valence-electron chi connectivity index (χ4n) is 2.20. The zero-order valence-corrected chi connectivity index (χ0v) is 12.5. The van der Waals surface area contributed by atoms with E-state index in [1.165, 1.54) is 0 Å². The predicted molar refractivity (Wildman–Crippen MR) is 72.0 cm³/mol. The second-order valence-corrected chi connectivity index (χ2v) is 7.77. The summed E-state index contributed by atoms with van der Waals surface area (Å²) in [6.07, 6.45) is 1.90. The molecule has 1 saturated heterocycles. The van der Waals surface area contributed by atoms with Crippen LogP contribution in [0.5, 0.6) is 0 Å². The van der Waals surface area contributed by atoms with Gasteiger partial charge >= 0.3 is 0 Å². The fourth-order valence-corrected chi connectivity index (χ4v) is 4.06. The number of halogens is 1. The van der Waals surface area contributed by atoms with Gasteiger partial charge in [-0.2, -0.15) is 0 Å². The van der Waals surface area contributed by atoms with Crippen LogP contribution in [0.25, 0.3) is 0 Å². The fraction of sp³-hybridized carbons (Fsp3) is 1.00. The second kappa shape index (κ2) is 6.36. The van der Waals surface area contributed by atoms with Gasteiger partial charge in [-0.1, -0.05) is 0 Å². The van der Waals surface area contributed by atoms with Crippen molar-refractivity contribution < 1.29 is 8.42 Å². The number of nitrogens with zero attached hydrogens (tertiary/aromatic N) is 2. The van der Waals surface area contributed by atoms with Gasteiger partial charge in [-0.3, -0.25) is 0 Å². The highest BCUT2D eigenvalue weighted by atomic mass is 35.5. The summed E-state index contributed by atoms with van der Waals surface area (Å²) in [5, 5.41) is -0.477. The second-order valence-electron chi connectivity index (χ2n) is 5.11. The van der Waals surface area contributed by atoms with Crippen molar-refractivity contribution in [3.8, 4) is 0 Å². The Kier molecular flexibility index (Phi) is 5.70. The SMILES string of the molecule is CC(CCl)S(=O)(=O)N1CCC(CN(C)C)CC1. The molecule has 0 aromatic carbocycles. The molecule has 17 heavy (non-hydrogen) atoms. The molecule has 0 N–H and O–H groups in total. The van der Waals surface area contributed by atoms with Gasteiger partial charge in [0.15, 0.2) is 0 Å². The first-order valence-corrected chi connectivity index (χ1v) is 8.11. The lowest BCUT2D eigenvalue weighted by molar-refractivity contribution is 0.224. The van der Waals surface area contributed by atoms with Crippen LogP contribution in [0.4, 0.5) is 0 Å². The van der Waals surface area contributed by atoms with E-state index in [2.05, 4.69) is 19.0 Å².